The normalized spacial score (nSPS) is 15.4. The van der Waals surface area contributed by atoms with Crippen LogP contribution in [0.1, 0.15) is 55.8 Å². The van der Waals surface area contributed by atoms with E-state index in [1.54, 1.807) is 12.0 Å². The van der Waals surface area contributed by atoms with Crippen molar-refractivity contribution in [1.82, 2.24) is 14.9 Å². The molecule has 0 radical (unpaired) electrons. The van der Waals surface area contributed by atoms with Crippen LogP contribution in [0, 0.1) is 0 Å². The number of piperidine rings is 1. The number of para-hydroxylation sites is 2. The molecular weight excluding hydrogens is 466 g/mol. The molecule has 8 heteroatoms. The van der Waals surface area contributed by atoms with Gasteiger partial charge in [-0.05, 0) is 55.0 Å². The molecule has 1 aromatic heterocycles. The Morgan fingerprint density at radius 3 is 2.38 bits per heavy atom. The molecule has 0 aliphatic carbocycles. The lowest BCUT2D eigenvalue weighted by Crippen LogP contribution is -2.40. The number of nitrogens with zero attached hydrogens (tertiary/aromatic N) is 4. The number of carbonyl (C=O) groups is 1. The Bertz CT molecular complexity index is 1240. The Morgan fingerprint density at radius 2 is 1.68 bits per heavy atom. The smallest absolute Gasteiger partial charge is 0.322 e. The largest absolute Gasteiger partial charge is 0.493 e. The van der Waals surface area contributed by atoms with E-state index in [-0.39, 0.29) is 6.03 Å². The summed E-state index contributed by atoms with van der Waals surface area (Å²) in [5.74, 6) is 2.84. The van der Waals surface area contributed by atoms with Gasteiger partial charge in [-0.15, -0.1) is 0 Å². The van der Waals surface area contributed by atoms with Crippen LogP contribution in [0.5, 0.6) is 17.4 Å². The van der Waals surface area contributed by atoms with Crippen LogP contribution in [0.2, 0.25) is 0 Å². The first-order valence-corrected chi connectivity index (χ1v) is 13.1. The molecular formula is C29H35N5O3. The molecule has 0 bridgehead atoms. The monoisotopic (exact) mass is 501 g/mol. The Labute approximate surface area is 218 Å². The fraction of sp³-hybridized carbons (Fsp3) is 0.414. The first kappa shape index (κ1) is 24.9. The zero-order chi connectivity index (χ0) is 25.8. The van der Waals surface area contributed by atoms with E-state index in [0.717, 1.165) is 42.9 Å². The SMILES string of the molecule is COc1ccccc1Oc1nc(N2CCCCC2)nc2c1CN(C(=O)Nc1ccc(C(C)C)cc1)CC2. The van der Waals surface area contributed by atoms with Gasteiger partial charge in [0.15, 0.2) is 11.5 Å². The minimum Gasteiger partial charge on any atom is -0.493 e. The molecule has 1 saturated heterocycles. The quantitative estimate of drug-likeness (QED) is 0.448. The molecule has 2 aliphatic rings. The van der Waals surface area contributed by atoms with Crippen molar-refractivity contribution in [1.29, 1.82) is 0 Å². The highest BCUT2D eigenvalue weighted by atomic mass is 16.5. The lowest BCUT2D eigenvalue weighted by Gasteiger charge is -2.32. The molecule has 0 unspecified atom stereocenters. The maximum atomic E-state index is 13.2. The molecule has 1 fully saturated rings. The molecule has 37 heavy (non-hydrogen) atoms. The summed E-state index contributed by atoms with van der Waals surface area (Å²) in [6.07, 6.45) is 4.14. The number of aromatic nitrogens is 2. The molecule has 3 aromatic rings. The molecule has 2 aromatic carbocycles. The third-order valence-electron chi connectivity index (χ3n) is 7.04. The van der Waals surface area contributed by atoms with Gasteiger partial charge in [-0.1, -0.05) is 38.1 Å². The van der Waals surface area contributed by atoms with Gasteiger partial charge in [-0.25, -0.2) is 9.78 Å². The molecule has 1 N–H and O–H groups in total. The number of benzene rings is 2. The number of urea groups is 1. The van der Waals surface area contributed by atoms with Crippen LogP contribution in [0.4, 0.5) is 16.4 Å². The number of ether oxygens (including phenoxy) is 2. The Hall–Kier alpha value is -3.81. The van der Waals surface area contributed by atoms with Gasteiger partial charge >= 0.3 is 6.03 Å². The molecule has 3 heterocycles. The van der Waals surface area contributed by atoms with Crippen LogP contribution in [-0.4, -0.2) is 47.6 Å². The number of amides is 2. The number of fused-ring (bicyclic) bond motifs is 1. The molecule has 5 rings (SSSR count). The third kappa shape index (κ3) is 5.63. The van der Waals surface area contributed by atoms with Crippen molar-refractivity contribution in [2.75, 3.05) is 37.0 Å². The van der Waals surface area contributed by atoms with E-state index in [1.165, 1.54) is 12.0 Å². The predicted octanol–water partition coefficient (Wildman–Crippen LogP) is 5.98. The molecule has 2 amide bonds. The number of rotatable bonds is 6. The third-order valence-corrected chi connectivity index (χ3v) is 7.04. The Kier molecular flexibility index (Phi) is 7.44. The van der Waals surface area contributed by atoms with Crippen molar-refractivity contribution in [2.45, 2.75) is 52.0 Å². The van der Waals surface area contributed by atoms with Gasteiger partial charge in [0.1, 0.15) is 0 Å². The van der Waals surface area contributed by atoms with Gasteiger partial charge in [0.25, 0.3) is 0 Å². The average Bonchev–Trinajstić information content (AvgIpc) is 2.93. The van der Waals surface area contributed by atoms with E-state index in [0.29, 0.717) is 48.8 Å². The van der Waals surface area contributed by atoms with E-state index in [9.17, 15) is 4.79 Å². The molecule has 8 nitrogen and oxygen atoms in total. The van der Waals surface area contributed by atoms with Crippen molar-refractivity contribution in [3.63, 3.8) is 0 Å². The summed E-state index contributed by atoms with van der Waals surface area (Å²) >= 11 is 0. The fourth-order valence-electron chi connectivity index (χ4n) is 4.83. The number of nitrogens with one attached hydrogen (secondary N) is 1. The van der Waals surface area contributed by atoms with Crippen molar-refractivity contribution in [3.8, 4) is 17.4 Å². The van der Waals surface area contributed by atoms with Crippen LogP contribution in [-0.2, 0) is 13.0 Å². The van der Waals surface area contributed by atoms with Crippen LogP contribution < -0.4 is 19.7 Å². The van der Waals surface area contributed by atoms with Gasteiger partial charge in [-0.3, -0.25) is 0 Å². The highest BCUT2D eigenvalue weighted by Gasteiger charge is 2.28. The summed E-state index contributed by atoms with van der Waals surface area (Å²) in [5.41, 5.74) is 3.79. The van der Waals surface area contributed by atoms with Gasteiger partial charge in [-0.2, -0.15) is 4.98 Å². The van der Waals surface area contributed by atoms with E-state index < -0.39 is 0 Å². The van der Waals surface area contributed by atoms with Crippen LogP contribution in [0.15, 0.2) is 48.5 Å². The minimum absolute atomic E-state index is 0.147. The van der Waals surface area contributed by atoms with Gasteiger partial charge in [0.05, 0.1) is 24.9 Å². The molecule has 194 valence electrons. The second-order valence-electron chi connectivity index (χ2n) is 9.93. The Morgan fingerprint density at radius 1 is 0.946 bits per heavy atom. The second kappa shape index (κ2) is 11.1. The lowest BCUT2D eigenvalue weighted by atomic mass is 10.0. The predicted molar refractivity (Wildman–Crippen MR) is 145 cm³/mol. The highest BCUT2D eigenvalue weighted by Crippen LogP contribution is 2.36. The van der Waals surface area contributed by atoms with E-state index >= 15 is 0 Å². The second-order valence-corrected chi connectivity index (χ2v) is 9.93. The zero-order valence-electron chi connectivity index (χ0n) is 21.9. The molecule has 0 atom stereocenters. The summed E-state index contributed by atoms with van der Waals surface area (Å²) in [6.45, 7) is 7.14. The summed E-state index contributed by atoms with van der Waals surface area (Å²) in [6, 6.07) is 15.4. The Balaban J connectivity index is 1.41. The number of anilines is 2. The number of hydrogen-bond acceptors (Lipinski definition) is 6. The molecule has 0 spiro atoms. The van der Waals surface area contributed by atoms with Crippen molar-refractivity contribution in [2.24, 2.45) is 0 Å². The summed E-state index contributed by atoms with van der Waals surface area (Å²) in [5, 5.41) is 3.04. The average molecular weight is 502 g/mol. The van der Waals surface area contributed by atoms with Crippen molar-refractivity contribution in [3.05, 3.63) is 65.4 Å². The fourth-order valence-corrected chi connectivity index (χ4v) is 4.83. The summed E-state index contributed by atoms with van der Waals surface area (Å²) in [4.78, 5) is 27.0. The van der Waals surface area contributed by atoms with Gasteiger partial charge in [0, 0.05) is 31.7 Å². The molecule has 0 saturated carbocycles. The van der Waals surface area contributed by atoms with Crippen LogP contribution in [0.3, 0.4) is 0 Å². The summed E-state index contributed by atoms with van der Waals surface area (Å²) < 4.78 is 11.9. The maximum Gasteiger partial charge on any atom is 0.322 e. The zero-order valence-corrected chi connectivity index (χ0v) is 21.9. The van der Waals surface area contributed by atoms with E-state index in [4.69, 9.17) is 19.4 Å². The number of methoxy groups -OCH3 is 1. The standard InChI is InChI=1S/C29H35N5O3/c1-20(2)21-11-13-22(14-12-21)30-29(35)34-18-15-24-23(19-34)27(37-26-10-6-5-9-25(26)36-3)32-28(31-24)33-16-7-4-8-17-33/h5-6,9-14,20H,4,7-8,15-19H2,1-3H3,(H,30,35). The van der Waals surface area contributed by atoms with Crippen LogP contribution >= 0.6 is 0 Å². The minimum atomic E-state index is -0.147. The van der Waals surface area contributed by atoms with Crippen molar-refractivity contribution >= 4 is 17.7 Å². The van der Waals surface area contributed by atoms with E-state index in [1.807, 2.05) is 36.4 Å². The topological polar surface area (TPSA) is 79.8 Å². The first-order chi connectivity index (χ1) is 18.0. The highest BCUT2D eigenvalue weighted by molar-refractivity contribution is 5.89. The number of hydrogen-bond donors (Lipinski definition) is 1. The maximum absolute atomic E-state index is 13.2. The molecule has 2 aliphatic heterocycles. The van der Waals surface area contributed by atoms with Crippen molar-refractivity contribution < 1.29 is 14.3 Å². The van der Waals surface area contributed by atoms with Gasteiger partial charge < -0.3 is 24.6 Å². The first-order valence-electron chi connectivity index (χ1n) is 13.1. The summed E-state index contributed by atoms with van der Waals surface area (Å²) in [7, 11) is 1.62. The van der Waals surface area contributed by atoms with Crippen LogP contribution in [0.25, 0.3) is 0 Å². The van der Waals surface area contributed by atoms with E-state index in [2.05, 4.69) is 36.2 Å². The lowest BCUT2D eigenvalue weighted by molar-refractivity contribution is 0.205. The number of carbonyl (C=O) groups excluding carboxylic acids is 1. The van der Waals surface area contributed by atoms with Gasteiger partial charge in [0.2, 0.25) is 11.8 Å².